The predicted molar refractivity (Wildman–Crippen MR) is 128 cm³/mol. The van der Waals surface area contributed by atoms with E-state index in [2.05, 4.69) is 34.9 Å². The van der Waals surface area contributed by atoms with Crippen LogP contribution in [-0.2, 0) is 14.3 Å². The van der Waals surface area contributed by atoms with Crippen LogP contribution in [0.2, 0.25) is 0 Å². The molecule has 34 heavy (non-hydrogen) atoms. The fourth-order valence-corrected chi connectivity index (χ4v) is 5.12. The summed E-state index contributed by atoms with van der Waals surface area (Å²) in [5, 5.41) is 14.7. The molecule has 2 amide bonds. The van der Waals surface area contributed by atoms with Gasteiger partial charge in [-0.3, -0.25) is 9.59 Å². The molecule has 0 unspecified atom stereocenters. The first-order valence-electron chi connectivity index (χ1n) is 11.8. The van der Waals surface area contributed by atoms with E-state index in [0.717, 1.165) is 30.4 Å². The number of nitrogens with one attached hydrogen (secondary N) is 2. The number of hydrogen-bond donors (Lipinski definition) is 3. The van der Waals surface area contributed by atoms with Gasteiger partial charge in [0, 0.05) is 18.5 Å². The SMILES string of the molecule is O=C(O)CC1(NC(=O)/C=C/CNC(=O)OCC2c3ccccc3-c3ccccc32)CCCCC1. The van der Waals surface area contributed by atoms with Crippen molar-refractivity contribution in [3.05, 3.63) is 71.8 Å². The molecular formula is C27H30N2O5. The zero-order valence-corrected chi connectivity index (χ0v) is 19.1. The van der Waals surface area contributed by atoms with Crippen LogP contribution >= 0.6 is 0 Å². The van der Waals surface area contributed by atoms with E-state index in [-0.39, 0.29) is 31.4 Å². The third-order valence-corrected chi connectivity index (χ3v) is 6.67. The van der Waals surface area contributed by atoms with Crippen LogP contribution < -0.4 is 10.6 Å². The van der Waals surface area contributed by atoms with E-state index in [4.69, 9.17) is 4.74 Å². The monoisotopic (exact) mass is 462 g/mol. The number of alkyl carbamates (subject to hydrolysis) is 1. The van der Waals surface area contributed by atoms with Crippen LogP contribution in [0.25, 0.3) is 11.1 Å². The highest BCUT2D eigenvalue weighted by atomic mass is 16.5. The van der Waals surface area contributed by atoms with Gasteiger partial charge in [-0.25, -0.2) is 4.79 Å². The number of carbonyl (C=O) groups is 3. The summed E-state index contributed by atoms with van der Waals surface area (Å²) in [5.41, 5.74) is 3.93. The maximum Gasteiger partial charge on any atom is 0.407 e. The lowest BCUT2D eigenvalue weighted by molar-refractivity contribution is -0.139. The number of rotatable bonds is 8. The largest absolute Gasteiger partial charge is 0.481 e. The molecule has 2 aliphatic carbocycles. The Hall–Kier alpha value is -3.61. The molecule has 2 aromatic carbocycles. The number of ether oxygens (including phenoxy) is 1. The summed E-state index contributed by atoms with van der Waals surface area (Å²) in [6.07, 6.45) is 6.42. The first-order valence-corrected chi connectivity index (χ1v) is 11.8. The summed E-state index contributed by atoms with van der Waals surface area (Å²) < 4.78 is 5.48. The number of carboxylic acid groups (broad SMARTS) is 1. The second-order valence-corrected chi connectivity index (χ2v) is 9.01. The van der Waals surface area contributed by atoms with E-state index in [1.807, 2.05) is 24.3 Å². The third kappa shape index (κ3) is 5.47. The Morgan fingerprint density at radius 2 is 1.59 bits per heavy atom. The molecule has 0 aliphatic heterocycles. The average molecular weight is 463 g/mol. The number of hydrogen-bond acceptors (Lipinski definition) is 4. The number of benzene rings is 2. The normalized spacial score (nSPS) is 16.5. The van der Waals surface area contributed by atoms with Gasteiger partial charge >= 0.3 is 12.1 Å². The van der Waals surface area contributed by atoms with E-state index in [1.165, 1.54) is 23.3 Å². The molecular weight excluding hydrogens is 432 g/mol. The molecule has 7 heteroatoms. The molecule has 0 saturated heterocycles. The molecule has 2 aliphatic rings. The number of aliphatic carboxylic acids is 1. The van der Waals surface area contributed by atoms with E-state index in [1.54, 1.807) is 0 Å². The van der Waals surface area contributed by atoms with Crippen LogP contribution in [0.1, 0.15) is 55.6 Å². The van der Waals surface area contributed by atoms with Crippen LogP contribution in [0.4, 0.5) is 4.79 Å². The Morgan fingerprint density at radius 1 is 0.971 bits per heavy atom. The number of carbonyl (C=O) groups excluding carboxylic acids is 2. The van der Waals surface area contributed by atoms with Crippen LogP contribution in [-0.4, -0.2) is 41.8 Å². The van der Waals surface area contributed by atoms with Crippen LogP contribution in [0.5, 0.6) is 0 Å². The second kappa shape index (κ2) is 10.5. The quantitative estimate of drug-likeness (QED) is 0.505. The average Bonchev–Trinajstić information content (AvgIpc) is 3.14. The standard InChI is InChI=1S/C27H30N2O5/c30-24(29-27(17-25(31)32)14-6-1-7-15-27)13-8-16-28-26(33)34-18-23-21-11-4-2-9-19(21)20-10-3-5-12-22(20)23/h2-5,8-13,23H,1,6-7,14-18H2,(H,28,33)(H,29,30)(H,31,32)/b13-8+. The zero-order valence-electron chi connectivity index (χ0n) is 19.1. The maximum absolute atomic E-state index is 12.3. The number of amides is 2. The van der Waals surface area contributed by atoms with Gasteiger partial charge in [-0.2, -0.15) is 0 Å². The Kier molecular flexibility index (Phi) is 7.30. The molecule has 0 bridgehead atoms. The van der Waals surface area contributed by atoms with Gasteiger partial charge in [0.1, 0.15) is 6.61 Å². The van der Waals surface area contributed by atoms with Crippen LogP contribution in [0.3, 0.4) is 0 Å². The maximum atomic E-state index is 12.3. The van der Waals surface area contributed by atoms with Gasteiger partial charge in [0.05, 0.1) is 12.0 Å². The van der Waals surface area contributed by atoms with Crippen molar-refractivity contribution in [2.45, 2.75) is 50.0 Å². The summed E-state index contributed by atoms with van der Waals surface area (Å²) in [6, 6.07) is 16.3. The number of carboxylic acids is 1. The van der Waals surface area contributed by atoms with Gasteiger partial charge in [0.2, 0.25) is 5.91 Å². The fraction of sp³-hybridized carbons (Fsp3) is 0.370. The Bertz CT molecular complexity index is 1040. The highest BCUT2D eigenvalue weighted by molar-refractivity contribution is 5.88. The van der Waals surface area contributed by atoms with Gasteiger partial charge in [-0.1, -0.05) is 73.9 Å². The minimum atomic E-state index is -0.914. The molecule has 0 heterocycles. The fourth-order valence-electron chi connectivity index (χ4n) is 5.12. The highest BCUT2D eigenvalue weighted by Crippen LogP contribution is 2.44. The molecule has 178 valence electrons. The van der Waals surface area contributed by atoms with Gasteiger partial charge < -0.3 is 20.5 Å². The van der Waals surface area contributed by atoms with Crippen molar-refractivity contribution in [2.24, 2.45) is 0 Å². The van der Waals surface area contributed by atoms with E-state index < -0.39 is 17.6 Å². The van der Waals surface area contributed by atoms with E-state index in [9.17, 15) is 19.5 Å². The van der Waals surface area contributed by atoms with Crippen molar-refractivity contribution >= 4 is 18.0 Å². The number of fused-ring (bicyclic) bond motifs is 3. The molecule has 0 atom stereocenters. The van der Waals surface area contributed by atoms with Gasteiger partial charge in [0.25, 0.3) is 0 Å². The minimum Gasteiger partial charge on any atom is -0.481 e. The lowest BCUT2D eigenvalue weighted by atomic mass is 9.79. The lowest BCUT2D eigenvalue weighted by Gasteiger charge is -2.36. The molecule has 4 rings (SSSR count). The summed E-state index contributed by atoms with van der Waals surface area (Å²) in [4.78, 5) is 35.8. The lowest BCUT2D eigenvalue weighted by Crippen LogP contribution is -2.50. The Labute approximate surface area is 199 Å². The topological polar surface area (TPSA) is 105 Å². The third-order valence-electron chi connectivity index (χ3n) is 6.67. The first kappa shape index (κ1) is 23.5. The summed E-state index contributed by atoms with van der Waals surface area (Å²) in [6.45, 7) is 0.359. The smallest absolute Gasteiger partial charge is 0.407 e. The van der Waals surface area contributed by atoms with Crippen molar-refractivity contribution in [3.8, 4) is 11.1 Å². The van der Waals surface area contributed by atoms with Gasteiger partial charge in [-0.05, 0) is 35.1 Å². The molecule has 0 spiro atoms. The molecule has 7 nitrogen and oxygen atoms in total. The minimum absolute atomic E-state index is 0.0135. The van der Waals surface area contributed by atoms with Crippen LogP contribution in [0.15, 0.2) is 60.7 Å². The molecule has 0 aromatic heterocycles. The van der Waals surface area contributed by atoms with E-state index in [0.29, 0.717) is 12.8 Å². The highest BCUT2D eigenvalue weighted by Gasteiger charge is 2.35. The van der Waals surface area contributed by atoms with Gasteiger partial charge in [0.15, 0.2) is 0 Å². The Balaban J connectivity index is 1.25. The van der Waals surface area contributed by atoms with Crippen molar-refractivity contribution in [2.75, 3.05) is 13.2 Å². The van der Waals surface area contributed by atoms with Gasteiger partial charge in [-0.15, -0.1) is 0 Å². The molecule has 1 saturated carbocycles. The molecule has 1 fully saturated rings. The van der Waals surface area contributed by atoms with Crippen molar-refractivity contribution in [1.82, 2.24) is 10.6 Å². The van der Waals surface area contributed by atoms with E-state index >= 15 is 0 Å². The Morgan fingerprint density at radius 3 is 2.21 bits per heavy atom. The van der Waals surface area contributed by atoms with Crippen molar-refractivity contribution in [1.29, 1.82) is 0 Å². The molecule has 0 radical (unpaired) electrons. The summed E-state index contributed by atoms with van der Waals surface area (Å²) in [5.74, 6) is -1.28. The van der Waals surface area contributed by atoms with Crippen molar-refractivity contribution in [3.63, 3.8) is 0 Å². The first-order chi connectivity index (χ1) is 16.5. The molecule has 2 aromatic rings. The zero-order chi connectivity index (χ0) is 24.0. The van der Waals surface area contributed by atoms with Crippen LogP contribution in [0, 0.1) is 0 Å². The summed E-state index contributed by atoms with van der Waals surface area (Å²) in [7, 11) is 0. The predicted octanol–water partition coefficient (Wildman–Crippen LogP) is 4.38. The second-order valence-electron chi connectivity index (χ2n) is 9.01. The summed E-state index contributed by atoms with van der Waals surface area (Å²) >= 11 is 0. The molecule has 3 N–H and O–H groups in total. The van der Waals surface area contributed by atoms with Crippen molar-refractivity contribution < 1.29 is 24.2 Å².